The Hall–Kier alpha value is -0.420. The van der Waals surface area contributed by atoms with Gasteiger partial charge in [0.25, 0.3) is 0 Å². The van der Waals surface area contributed by atoms with Crippen molar-refractivity contribution < 1.29 is 12.8 Å². The Bertz CT molecular complexity index is 454. The van der Waals surface area contributed by atoms with E-state index in [0.717, 1.165) is 11.8 Å². The Morgan fingerprint density at radius 3 is 2.50 bits per heavy atom. The lowest BCUT2D eigenvalue weighted by atomic mass is 10.1. The Balaban J connectivity index is 3.22. The van der Waals surface area contributed by atoms with Gasteiger partial charge < -0.3 is 0 Å². The summed E-state index contributed by atoms with van der Waals surface area (Å²) in [5, 5.41) is 0. The van der Waals surface area contributed by atoms with Crippen molar-refractivity contribution >= 4 is 25.8 Å². The lowest BCUT2D eigenvalue weighted by molar-refractivity contribution is 0.589. The molecule has 0 saturated carbocycles. The first-order chi connectivity index (χ1) is 6.29. The molecular formula is C9H10BrFO2S. The van der Waals surface area contributed by atoms with Crippen LogP contribution in [0, 0.1) is 12.7 Å². The lowest BCUT2D eigenvalue weighted by Gasteiger charge is -2.05. The van der Waals surface area contributed by atoms with Crippen LogP contribution in [0.15, 0.2) is 16.6 Å². The van der Waals surface area contributed by atoms with Crippen LogP contribution in [0.2, 0.25) is 0 Å². The van der Waals surface area contributed by atoms with E-state index in [9.17, 15) is 12.8 Å². The predicted molar refractivity (Wildman–Crippen MR) is 57.4 cm³/mol. The van der Waals surface area contributed by atoms with Gasteiger partial charge in [-0.1, -0.05) is 6.07 Å². The molecule has 0 aromatic heterocycles. The fourth-order valence-electron chi connectivity index (χ4n) is 1.18. The Morgan fingerprint density at radius 1 is 1.43 bits per heavy atom. The van der Waals surface area contributed by atoms with Crippen LogP contribution in [0.5, 0.6) is 0 Å². The second-order valence-corrected chi connectivity index (χ2v) is 6.28. The molecule has 1 aromatic carbocycles. The highest BCUT2D eigenvalue weighted by atomic mass is 79.9. The maximum Gasteiger partial charge on any atom is 0.151 e. The predicted octanol–water partition coefficient (Wildman–Crippen LogP) is 2.44. The third kappa shape index (κ3) is 3.06. The summed E-state index contributed by atoms with van der Waals surface area (Å²) in [6.45, 7) is 1.79. The summed E-state index contributed by atoms with van der Waals surface area (Å²) in [6.07, 6.45) is 1.09. The molecule has 0 N–H and O–H groups in total. The van der Waals surface area contributed by atoms with E-state index in [1.807, 2.05) is 0 Å². The monoisotopic (exact) mass is 280 g/mol. The normalized spacial score (nSPS) is 11.7. The third-order valence-electron chi connectivity index (χ3n) is 1.67. The van der Waals surface area contributed by atoms with Crippen LogP contribution in [-0.4, -0.2) is 14.7 Å². The van der Waals surface area contributed by atoms with Gasteiger partial charge in [-0.25, -0.2) is 12.8 Å². The van der Waals surface area contributed by atoms with Crippen LogP contribution in [-0.2, 0) is 15.6 Å². The number of benzene rings is 1. The van der Waals surface area contributed by atoms with Gasteiger partial charge in [0.1, 0.15) is 5.82 Å². The van der Waals surface area contributed by atoms with Crippen LogP contribution in [0.3, 0.4) is 0 Å². The molecule has 0 aliphatic heterocycles. The summed E-state index contributed by atoms with van der Waals surface area (Å²) < 4.78 is 35.7. The van der Waals surface area contributed by atoms with Crippen molar-refractivity contribution in [3.05, 3.63) is 33.5 Å². The minimum absolute atomic E-state index is 0.208. The molecular weight excluding hydrogens is 271 g/mol. The molecule has 5 heteroatoms. The summed E-state index contributed by atoms with van der Waals surface area (Å²) in [5.74, 6) is -0.764. The number of halogens is 2. The Morgan fingerprint density at radius 2 is 2.00 bits per heavy atom. The molecule has 0 aliphatic rings. The highest BCUT2D eigenvalue weighted by molar-refractivity contribution is 9.10. The molecule has 0 bridgehead atoms. The number of sulfone groups is 1. The molecule has 1 rings (SSSR count). The van der Waals surface area contributed by atoms with Crippen LogP contribution >= 0.6 is 15.9 Å². The first kappa shape index (κ1) is 11.7. The second kappa shape index (κ2) is 3.98. The van der Waals surface area contributed by atoms with Gasteiger partial charge in [0.2, 0.25) is 0 Å². The van der Waals surface area contributed by atoms with Gasteiger partial charge in [0.05, 0.1) is 10.2 Å². The molecule has 0 heterocycles. The van der Waals surface area contributed by atoms with E-state index in [-0.39, 0.29) is 11.3 Å². The Kier molecular flexibility index (Phi) is 3.32. The minimum Gasteiger partial charge on any atom is -0.229 e. The van der Waals surface area contributed by atoms with Crippen molar-refractivity contribution in [3.63, 3.8) is 0 Å². The minimum atomic E-state index is -3.19. The van der Waals surface area contributed by atoms with Crippen molar-refractivity contribution in [2.75, 3.05) is 6.26 Å². The zero-order valence-corrected chi connectivity index (χ0v) is 10.2. The largest absolute Gasteiger partial charge is 0.229 e. The molecule has 0 atom stereocenters. The number of aryl methyl sites for hydroxylation is 1. The maximum absolute atomic E-state index is 13.4. The van der Waals surface area contributed by atoms with E-state index in [4.69, 9.17) is 0 Å². The molecule has 2 nitrogen and oxygen atoms in total. The summed E-state index contributed by atoms with van der Waals surface area (Å²) in [6, 6.07) is 3.16. The molecule has 14 heavy (non-hydrogen) atoms. The molecule has 0 fully saturated rings. The standard InChI is InChI=1S/C9H10BrFO2S/c1-6-3-7(5-14(2,12)13)9(11)8(10)4-6/h3-4H,5H2,1-2H3. The average molecular weight is 281 g/mol. The quantitative estimate of drug-likeness (QED) is 0.834. The van der Waals surface area contributed by atoms with E-state index in [0.29, 0.717) is 4.47 Å². The smallest absolute Gasteiger partial charge is 0.151 e. The summed E-state index contributed by atoms with van der Waals surface area (Å²) in [4.78, 5) is 0. The van der Waals surface area contributed by atoms with Crippen molar-refractivity contribution in [2.24, 2.45) is 0 Å². The van der Waals surface area contributed by atoms with E-state index in [2.05, 4.69) is 15.9 Å². The van der Waals surface area contributed by atoms with Gasteiger partial charge in [0.15, 0.2) is 9.84 Å². The average Bonchev–Trinajstić information content (AvgIpc) is 1.96. The first-order valence-electron chi connectivity index (χ1n) is 3.92. The summed E-state index contributed by atoms with van der Waals surface area (Å²) >= 11 is 3.03. The molecule has 0 unspecified atom stereocenters. The molecule has 78 valence electrons. The van der Waals surface area contributed by atoms with Gasteiger partial charge in [-0.15, -0.1) is 0 Å². The SMILES string of the molecule is Cc1cc(Br)c(F)c(CS(C)(=O)=O)c1. The van der Waals surface area contributed by atoms with E-state index in [1.165, 1.54) is 0 Å². The lowest BCUT2D eigenvalue weighted by Crippen LogP contribution is -2.03. The van der Waals surface area contributed by atoms with Crippen LogP contribution in [0.4, 0.5) is 4.39 Å². The summed E-state index contributed by atoms with van der Waals surface area (Å²) in [7, 11) is -3.19. The zero-order valence-electron chi connectivity index (χ0n) is 7.84. The fraction of sp³-hybridized carbons (Fsp3) is 0.333. The maximum atomic E-state index is 13.4. The summed E-state index contributed by atoms with van der Waals surface area (Å²) in [5.41, 5.74) is 1.04. The molecule has 0 amide bonds. The van der Waals surface area contributed by atoms with Gasteiger partial charge >= 0.3 is 0 Å². The molecule has 0 aliphatic carbocycles. The van der Waals surface area contributed by atoms with Gasteiger partial charge in [-0.05, 0) is 34.5 Å². The van der Waals surface area contributed by atoms with Crippen molar-refractivity contribution in [2.45, 2.75) is 12.7 Å². The molecule has 0 spiro atoms. The third-order valence-corrected chi connectivity index (χ3v) is 3.08. The second-order valence-electron chi connectivity index (χ2n) is 3.29. The highest BCUT2D eigenvalue weighted by Gasteiger charge is 2.12. The number of hydrogen-bond acceptors (Lipinski definition) is 2. The fourth-order valence-corrected chi connectivity index (χ4v) is 2.57. The van der Waals surface area contributed by atoms with E-state index < -0.39 is 15.7 Å². The van der Waals surface area contributed by atoms with Crippen molar-refractivity contribution in [1.82, 2.24) is 0 Å². The van der Waals surface area contributed by atoms with Crippen molar-refractivity contribution in [1.29, 1.82) is 0 Å². The van der Waals surface area contributed by atoms with E-state index >= 15 is 0 Å². The van der Waals surface area contributed by atoms with E-state index in [1.54, 1.807) is 19.1 Å². The molecule has 0 radical (unpaired) electrons. The topological polar surface area (TPSA) is 34.1 Å². The number of hydrogen-bond donors (Lipinski definition) is 0. The molecule has 1 aromatic rings. The van der Waals surface area contributed by atoms with Crippen molar-refractivity contribution in [3.8, 4) is 0 Å². The number of rotatable bonds is 2. The molecule has 0 saturated heterocycles. The van der Waals surface area contributed by atoms with Crippen LogP contribution < -0.4 is 0 Å². The van der Waals surface area contributed by atoms with Gasteiger partial charge in [0, 0.05) is 11.8 Å². The van der Waals surface area contributed by atoms with Gasteiger partial charge in [-0.2, -0.15) is 0 Å². The van der Waals surface area contributed by atoms with Gasteiger partial charge in [-0.3, -0.25) is 0 Å². The Labute approximate surface area is 91.2 Å². The zero-order chi connectivity index (χ0) is 10.9. The highest BCUT2D eigenvalue weighted by Crippen LogP contribution is 2.22. The van der Waals surface area contributed by atoms with Crippen LogP contribution in [0.25, 0.3) is 0 Å². The van der Waals surface area contributed by atoms with Crippen LogP contribution in [0.1, 0.15) is 11.1 Å². The first-order valence-corrected chi connectivity index (χ1v) is 6.77.